The van der Waals surface area contributed by atoms with Crippen LogP contribution in [0.2, 0.25) is 0 Å². The Balaban J connectivity index is 1.75. The van der Waals surface area contributed by atoms with Crippen molar-refractivity contribution >= 4 is 5.91 Å². The third kappa shape index (κ3) is 3.27. The van der Waals surface area contributed by atoms with Crippen molar-refractivity contribution in [3.05, 3.63) is 18.2 Å². The lowest BCUT2D eigenvalue weighted by atomic mass is 9.98. The lowest BCUT2D eigenvalue weighted by molar-refractivity contribution is -0.140. The van der Waals surface area contributed by atoms with E-state index in [9.17, 15) is 4.79 Å². The number of nitrogens with zero attached hydrogens (tertiary/aromatic N) is 3. The molecule has 1 atom stereocenters. The van der Waals surface area contributed by atoms with Crippen LogP contribution in [0.25, 0.3) is 0 Å². The minimum atomic E-state index is 0.100. The zero-order valence-electron chi connectivity index (χ0n) is 12.5. The first kappa shape index (κ1) is 14.5. The number of carbonyl (C=O) groups excluding carboxylic acids is 1. The molecule has 116 valence electrons. The summed E-state index contributed by atoms with van der Waals surface area (Å²) < 4.78 is 12.8. The van der Waals surface area contributed by atoms with E-state index in [1.165, 1.54) is 0 Å². The van der Waals surface area contributed by atoms with Crippen LogP contribution in [0.15, 0.2) is 12.4 Å². The number of rotatable bonds is 3. The fraction of sp³-hybridized carbons (Fsp3) is 0.733. The number of ether oxygens (including phenoxy) is 2. The van der Waals surface area contributed by atoms with Crippen LogP contribution in [0.5, 0.6) is 0 Å². The van der Waals surface area contributed by atoms with E-state index >= 15 is 0 Å². The smallest absolute Gasteiger partial charge is 0.226 e. The Kier molecular flexibility index (Phi) is 4.55. The quantitative estimate of drug-likeness (QED) is 0.831. The summed E-state index contributed by atoms with van der Waals surface area (Å²) in [5.41, 5.74) is 0. The van der Waals surface area contributed by atoms with E-state index in [0.717, 1.165) is 31.8 Å². The van der Waals surface area contributed by atoms with Gasteiger partial charge in [-0.15, -0.1) is 0 Å². The summed E-state index contributed by atoms with van der Waals surface area (Å²) >= 11 is 0. The maximum atomic E-state index is 12.8. The molecule has 2 aliphatic heterocycles. The minimum absolute atomic E-state index is 0.100. The molecule has 0 unspecified atom stereocenters. The van der Waals surface area contributed by atoms with E-state index < -0.39 is 0 Å². The van der Waals surface area contributed by atoms with Gasteiger partial charge in [-0.25, -0.2) is 4.98 Å². The van der Waals surface area contributed by atoms with Crippen molar-refractivity contribution in [3.63, 3.8) is 0 Å². The molecule has 1 fully saturated rings. The first-order valence-corrected chi connectivity index (χ1v) is 7.63. The first-order valence-electron chi connectivity index (χ1n) is 7.63. The number of methoxy groups -OCH3 is 1. The van der Waals surface area contributed by atoms with Crippen molar-refractivity contribution in [2.24, 2.45) is 11.8 Å². The van der Waals surface area contributed by atoms with Crippen molar-refractivity contribution in [2.45, 2.75) is 25.9 Å². The van der Waals surface area contributed by atoms with Gasteiger partial charge in [0.05, 0.1) is 13.2 Å². The number of carbonyl (C=O) groups is 1. The summed E-state index contributed by atoms with van der Waals surface area (Å²) in [5.74, 6) is 1.63. The molecule has 0 N–H and O–H groups in total. The molecule has 0 aromatic carbocycles. The van der Waals surface area contributed by atoms with Gasteiger partial charge in [-0.05, 0) is 12.8 Å². The van der Waals surface area contributed by atoms with Crippen LogP contribution in [0, 0.1) is 11.8 Å². The van der Waals surface area contributed by atoms with Crippen LogP contribution in [0.4, 0.5) is 0 Å². The average Bonchev–Trinajstić information content (AvgIpc) is 2.86. The zero-order valence-corrected chi connectivity index (χ0v) is 12.5. The molecule has 3 rings (SSSR count). The zero-order chi connectivity index (χ0) is 14.7. The molecule has 0 aliphatic carbocycles. The highest BCUT2D eigenvalue weighted by Gasteiger charge is 2.30. The fourth-order valence-electron chi connectivity index (χ4n) is 3.25. The molecule has 0 radical (unpaired) electrons. The number of amides is 1. The number of hydrogen-bond donors (Lipinski definition) is 0. The van der Waals surface area contributed by atoms with Crippen LogP contribution in [0.1, 0.15) is 18.7 Å². The Bertz CT molecular complexity index is 482. The first-order chi connectivity index (χ1) is 10.3. The molecule has 0 spiro atoms. The minimum Gasteiger partial charge on any atom is -0.384 e. The SMILES string of the molecule is COC[C@@H]1CN(C(=O)C2CCOCC2)Cc2nccn2C1. The van der Waals surface area contributed by atoms with Gasteiger partial charge in [0, 0.05) is 57.6 Å². The Morgan fingerprint density at radius 1 is 1.43 bits per heavy atom. The van der Waals surface area contributed by atoms with E-state index in [2.05, 4.69) is 9.55 Å². The van der Waals surface area contributed by atoms with E-state index in [0.29, 0.717) is 32.3 Å². The van der Waals surface area contributed by atoms with Gasteiger partial charge < -0.3 is 18.9 Å². The molecule has 1 aromatic rings. The highest BCUT2D eigenvalue weighted by atomic mass is 16.5. The van der Waals surface area contributed by atoms with Crippen LogP contribution in [0.3, 0.4) is 0 Å². The van der Waals surface area contributed by atoms with E-state index in [4.69, 9.17) is 9.47 Å². The summed E-state index contributed by atoms with van der Waals surface area (Å²) in [7, 11) is 1.71. The monoisotopic (exact) mass is 293 g/mol. The van der Waals surface area contributed by atoms with Gasteiger partial charge in [0.25, 0.3) is 0 Å². The van der Waals surface area contributed by atoms with Crippen LogP contribution >= 0.6 is 0 Å². The highest BCUT2D eigenvalue weighted by molar-refractivity contribution is 5.79. The molecule has 3 heterocycles. The summed E-state index contributed by atoms with van der Waals surface area (Å²) in [6.07, 6.45) is 5.46. The van der Waals surface area contributed by atoms with Gasteiger partial charge >= 0.3 is 0 Å². The summed E-state index contributed by atoms with van der Waals surface area (Å²) in [4.78, 5) is 19.1. The molecule has 6 nitrogen and oxygen atoms in total. The van der Waals surface area contributed by atoms with Crippen molar-refractivity contribution in [1.29, 1.82) is 0 Å². The Labute approximate surface area is 125 Å². The van der Waals surface area contributed by atoms with Crippen LogP contribution in [-0.4, -0.2) is 53.8 Å². The molecular formula is C15H23N3O3. The number of hydrogen-bond acceptors (Lipinski definition) is 4. The predicted octanol–water partition coefficient (Wildman–Crippen LogP) is 0.914. The van der Waals surface area contributed by atoms with Crippen molar-refractivity contribution in [3.8, 4) is 0 Å². The van der Waals surface area contributed by atoms with E-state index in [-0.39, 0.29) is 11.8 Å². The third-order valence-electron chi connectivity index (χ3n) is 4.35. The highest BCUT2D eigenvalue weighted by Crippen LogP contribution is 2.22. The Hall–Kier alpha value is -1.40. The second-order valence-electron chi connectivity index (χ2n) is 5.92. The standard InChI is InChI=1S/C15H23N3O3/c1-20-11-12-8-17-5-4-16-14(17)10-18(9-12)15(19)13-2-6-21-7-3-13/h4-5,12-13H,2-3,6-11H2,1H3/t12-/m0/s1. The van der Waals surface area contributed by atoms with Crippen LogP contribution in [-0.2, 0) is 27.4 Å². The molecule has 21 heavy (non-hydrogen) atoms. The Morgan fingerprint density at radius 2 is 2.24 bits per heavy atom. The van der Waals surface area contributed by atoms with Gasteiger partial charge in [0.1, 0.15) is 5.82 Å². The molecule has 1 saturated heterocycles. The lowest BCUT2D eigenvalue weighted by Crippen LogP contribution is -2.40. The van der Waals surface area contributed by atoms with Gasteiger partial charge in [-0.2, -0.15) is 0 Å². The number of aromatic nitrogens is 2. The number of imidazole rings is 1. The molecule has 6 heteroatoms. The van der Waals surface area contributed by atoms with Gasteiger partial charge in [-0.1, -0.05) is 0 Å². The van der Waals surface area contributed by atoms with Crippen LogP contribution < -0.4 is 0 Å². The van der Waals surface area contributed by atoms with E-state index in [1.807, 2.05) is 17.3 Å². The number of fused-ring (bicyclic) bond motifs is 1. The normalized spacial score (nSPS) is 23.7. The molecule has 1 aromatic heterocycles. The molecule has 1 amide bonds. The summed E-state index contributed by atoms with van der Waals surface area (Å²) in [6, 6.07) is 0. The maximum absolute atomic E-state index is 12.8. The maximum Gasteiger partial charge on any atom is 0.226 e. The molecule has 0 bridgehead atoms. The fourth-order valence-corrected chi connectivity index (χ4v) is 3.25. The van der Waals surface area contributed by atoms with Gasteiger partial charge in [-0.3, -0.25) is 4.79 Å². The Morgan fingerprint density at radius 3 is 3.00 bits per heavy atom. The summed E-state index contributed by atoms with van der Waals surface area (Å²) in [5, 5.41) is 0. The van der Waals surface area contributed by atoms with Crippen molar-refractivity contribution in [2.75, 3.05) is 33.5 Å². The second kappa shape index (κ2) is 6.58. The summed E-state index contributed by atoms with van der Waals surface area (Å²) in [6.45, 7) is 4.26. The van der Waals surface area contributed by atoms with Crippen molar-refractivity contribution < 1.29 is 14.3 Å². The molecular weight excluding hydrogens is 270 g/mol. The van der Waals surface area contributed by atoms with Crippen molar-refractivity contribution in [1.82, 2.24) is 14.5 Å². The third-order valence-corrected chi connectivity index (χ3v) is 4.35. The molecule has 0 saturated carbocycles. The predicted molar refractivity (Wildman–Crippen MR) is 76.6 cm³/mol. The van der Waals surface area contributed by atoms with Gasteiger partial charge in [0.15, 0.2) is 0 Å². The second-order valence-corrected chi connectivity index (χ2v) is 5.92. The molecule has 2 aliphatic rings. The lowest BCUT2D eigenvalue weighted by Gasteiger charge is -2.29. The largest absolute Gasteiger partial charge is 0.384 e. The van der Waals surface area contributed by atoms with Gasteiger partial charge in [0.2, 0.25) is 5.91 Å². The topological polar surface area (TPSA) is 56.6 Å². The average molecular weight is 293 g/mol. The van der Waals surface area contributed by atoms with E-state index in [1.54, 1.807) is 7.11 Å².